The molecule has 0 spiro atoms. The molecule has 1 aromatic carbocycles. The quantitative estimate of drug-likeness (QED) is 0.886. The van der Waals surface area contributed by atoms with Crippen LogP contribution in [0.25, 0.3) is 0 Å². The molecule has 1 heterocycles. The highest BCUT2D eigenvalue weighted by molar-refractivity contribution is 7.12. The first-order valence-corrected chi connectivity index (χ1v) is 6.60. The molecule has 0 saturated carbocycles. The lowest BCUT2D eigenvalue weighted by molar-refractivity contribution is 0.100. The van der Waals surface area contributed by atoms with Crippen LogP contribution in [0.15, 0.2) is 36.4 Å². The van der Waals surface area contributed by atoms with Gasteiger partial charge in [-0.15, -0.1) is 11.3 Å². The zero-order valence-electron chi connectivity index (χ0n) is 10.4. The van der Waals surface area contributed by atoms with E-state index in [0.717, 1.165) is 5.69 Å². The van der Waals surface area contributed by atoms with Gasteiger partial charge in [0.25, 0.3) is 0 Å². The Hall–Kier alpha value is -1.81. The van der Waals surface area contributed by atoms with Gasteiger partial charge in [0.15, 0.2) is 0 Å². The van der Waals surface area contributed by atoms with E-state index >= 15 is 0 Å². The van der Waals surface area contributed by atoms with Crippen molar-refractivity contribution in [1.82, 2.24) is 0 Å². The van der Waals surface area contributed by atoms with Gasteiger partial charge >= 0.3 is 0 Å². The molecule has 0 aliphatic rings. The molecule has 3 nitrogen and oxygen atoms in total. The summed E-state index contributed by atoms with van der Waals surface area (Å²) in [5, 5.41) is 3.37. The van der Waals surface area contributed by atoms with E-state index in [2.05, 4.69) is 31.3 Å². The van der Waals surface area contributed by atoms with Crippen LogP contribution in [-0.4, -0.2) is 5.91 Å². The fraction of sp³-hybridized carbons (Fsp3) is 0.214. The van der Waals surface area contributed by atoms with Crippen molar-refractivity contribution in [2.45, 2.75) is 19.9 Å². The molecule has 0 bridgehead atoms. The van der Waals surface area contributed by atoms with E-state index in [1.165, 1.54) is 9.75 Å². The summed E-state index contributed by atoms with van der Waals surface area (Å²) in [6, 6.07) is 11.7. The smallest absolute Gasteiger partial charge is 0.248 e. The minimum atomic E-state index is -0.404. The lowest BCUT2D eigenvalue weighted by atomic mass is 10.1. The number of hydrogen-bond donors (Lipinski definition) is 2. The maximum absolute atomic E-state index is 11.1. The number of anilines is 1. The maximum atomic E-state index is 11.1. The van der Waals surface area contributed by atoms with Gasteiger partial charge in [0.2, 0.25) is 5.91 Å². The normalized spacial score (nSPS) is 12.1. The Kier molecular flexibility index (Phi) is 3.67. The van der Waals surface area contributed by atoms with Crippen molar-refractivity contribution in [2.24, 2.45) is 5.73 Å². The Morgan fingerprint density at radius 2 is 2.11 bits per heavy atom. The Morgan fingerprint density at radius 1 is 1.33 bits per heavy atom. The average molecular weight is 260 g/mol. The predicted molar refractivity (Wildman–Crippen MR) is 76.1 cm³/mol. The minimum absolute atomic E-state index is 0.215. The van der Waals surface area contributed by atoms with Crippen LogP contribution in [0.1, 0.15) is 33.1 Å². The number of hydrogen-bond acceptors (Lipinski definition) is 3. The molecule has 0 fully saturated rings. The highest BCUT2D eigenvalue weighted by atomic mass is 32.1. The number of nitrogens with one attached hydrogen (secondary N) is 1. The van der Waals surface area contributed by atoms with E-state index < -0.39 is 5.91 Å². The molecule has 0 saturated heterocycles. The average Bonchev–Trinajstić information content (AvgIpc) is 2.76. The van der Waals surface area contributed by atoms with Crippen molar-refractivity contribution in [3.8, 4) is 0 Å². The molecule has 1 amide bonds. The minimum Gasteiger partial charge on any atom is -0.378 e. The van der Waals surface area contributed by atoms with Crippen molar-refractivity contribution in [3.05, 3.63) is 51.7 Å². The number of benzene rings is 1. The Labute approximate surface area is 111 Å². The Bertz CT molecular complexity index is 562. The summed E-state index contributed by atoms with van der Waals surface area (Å²) in [6.07, 6.45) is 0. The number of carbonyl (C=O) groups is 1. The number of rotatable bonds is 4. The van der Waals surface area contributed by atoms with Crippen molar-refractivity contribution in [1.29, 1.82) is 0 Å². The van der Waals surface area contributed by atoms with Crippen molar-refractivity contribution in [3.63, 3.8) is 0 Å². The third-order valence-electron chi connectivity index (χ3n) is 2.72. The van der Waals surface area contributed by atoms with Gasteiger partial charge in [0.1, 0.15) is 0 Å². The monoisotopic (exact) mass is 260 g/mol. The molecule has 2 rings (SSSR count). The first-order chi connectivity index (χ1) is 8.56. The summed E-state index contributed by atoms with van der Waals surface area (Å²) in [7, 11) is 0. The number of carbonyl (C=O) groups excluding carboxylic acids is 1. The van der Waals surface area contributed by atoms with E-state index in [4.69, 9.17) is 5.73 Å². The summed E-state index contributed by atoms with van der Waals surface area (Å²) in [4.78, 5) is 13.7. The van der Waals surface area contributed by atoms with Gasteiger partial charge in [-0.2, -0.15) is 0 Å². The molecule has 2 aromatic rings. The molecule has 0 aliphatic carbocycles. The maximum Gasteiger partial charge on any atom is 0.248 e. The van der Waals surface area contributed by atoms with Crippen molar-refractivity contribution in [2.75, 3.05) is 5.32 Å². The topological polar surface area (TPSA) is 55.1 Å². The van der Waals surface area contributed by atoms with Crippen molar-refractivity contribution >= 4 is 22.9 Å². The third-order valence-corrected chi connectivity index (χ3v) is 3.90. The zero-order valence-corrected chi connectivity index (χ0v) is 11.3. The first kappa shape index (κ1) is 12.6. The predicted octanol–water partition coefficient (Wildman–Crippen LogP) is 3.33. The van der Waals surface area contributed by atoms with Crippen molar-refractivity contribution < 1.29 is 4.79 Å². The van der Waals surface area contributed by atoms with Gasteiger partial charge < -0.3 is 11.1 Å². The largest absolute Gasteiger partial charge is 0.378 e. The van der Waals surface area contributed by atoms with Crippen LogP contribution in [0.4, 0.5) is 5.69 Å². The fourth-order valence-electron chi connectivity index (χ4n) is 1.77. The number of primary amides is 1. The SMILES string of the molecule is Cc1ccc(C(C)Nc2cccc(C(N)=O)c2)s1. The first-order valence-electron chi connectivity index (χ1n) is 5.79. The lowest BCUT2D eigenvalue weighted by Gasteiger charge is -2.14. The van der Waals surface area contributed by atoms with Gasteiger partial charge in [-0.25, -0.2) is 0 Å². The summed E-state index contributed by atoms with van der Waals surface area (Å²) < 4.78 is 0. The van der Waals surface area contributed by atoms with Gasteiger partial charge in [-0.05, 0) is 44.2 Å². The Balaban J connectivity index is 2.14. The lowest BCUT2D eigenvalue weighted by Crippen LogP contribution is -2.12. The van der Waals surface area contributed by atoms with E-state index in [0.29, 0.717) is 5.56 Å². The van der Waals surface area contributed by atoms with Crippen LogP contribution in [-0.2, 0) is 0 Å². The standard InChI is InChI=1S/C14H16N2OS/c1-9-6-7-13(18-9)10(2)16-12-5-3-4-11(8-12)14(15)17/h3-8,10,16H,1-2H3,(H2,15,17). The van der Waals surface area contributed by atoms with Gasteiger partial charge in [0.05, 0.1) is 6.04 Å². The molecular weight excluding hydrogens is 244 g/mol. The van der Waals surface area contributed by atoms with E-state index in [1.54, 1.807) is 23.5 Å². The third kappa shape index (κ3) is 2.90. The molecule has 0 aliphatic heterocycles. The number of thiophene rings is 1. The Morgan fingerprint density at radius 3 is 2.72 bits per heavy atom. The highest BCUT2D eigenvalue weighted by Crippen LogP contribution is 2.25. The second-order valence-corrected chi connectivity index (χ2v) is 5.58. The summed E-state index contributed by atoms with van der Waals surface area (Å²) >= 11 is 1.77. The van der Waals surface area contributed by atoms with Crippen LogP contribution in [0.3, 0.4) is 0 Å². The summed E-state index contributed by atoms with van der Waals surface area (Å²) in [6.45, 7) is 4.19. The molecular formula is C14H16N2OS. The summed E-state index contributed by atoms with van der Waals surface area (Å²) in [5.74, 6) is -0.404. The fourth-order valence-corrected chi connectivity index (χ4v) is 2.65. The molecule has 3 N–H and O–H groups in total. The zero-order chi connectivity index (χ0) is 13.1. The second kappa shape index (κ2) is 5.23. The van der Waals surface area contributed by atoms with E-state index in [-0.39, 0.29) is 6.04 Å². The number of nitrogens with two attached hydrogens (primary N) is 1. The van der Waals surface area contributed by atoms with Crippen LogP contribution < -0.4 is 11.1 Å². The molecule has 0 radical (unpaired) electrons. The van der Waals surface area contributed by atoms with Crippen LogP contribution in [0.5, 0.6) is 0 Å². The second-order valence-electron chi connectivity index (χ2n) is 4.26. The molecule has 1 unspecified atom stereocenters. The molecule has 1 aromatic heterocycles. The van der Waals surface area contributed by atoms with Gasteiger partial charge in [-0.1, -0.05) is 6.07 Å². The van der Waals surface area contributed by atoms with Gasteiger partial charge in [0, 0.05) is 21.0 Å². The number of amides is 1. The highest BCUT2D eigenvalue weighted by Gasteiger charge is 2.08. The molecule has 1 atom stereocenters. The number of aryl methyl sites for hydroxylation is 1. The van der Waals surface area contributed by atoms with Crippen LogP contribution in [0.2, 0.25) is 0 Å². The van der Waals surface area contributed by atoms with E-state index in [9.17, 15) is 4.79 Å². The van der Waals surface area contributed by atoms with Crippen LogP contribution >= 0.6 is 11.3 Å². The molecule has 4 heteroatoms. The molecule has 18 heavy (non-hydrogen) atoms. The molecule has 94 valence electrons. The summed E-state index contributed by atoms with van der Waals surface area (Å²) in [5.41, 5.74) is 6.69. The van der Waals surface area contributed by atoms with E-state index in [1.807, 2.05) is 12.1 Å². The van der Waals surface area contributed by atoms with Gasteiger partial charge in [-0.3, -0.25) is 4.79 Å². The van der Waals surface area contributed by atoms with Crippen LogP contribution in [0, 0.1) is 6.92 Å².